The van der Waals surface area contributed by atoms with Gasteiger partial charge in [0.05, 0.1) is 6.04 Å². The van der Waals surface area contributed by atoms with Crippen LogP contribution in [0.25, 0.3) is 20.2 Å². The van der Waals surface area contributed by atoms with E-state index in [2.05, 4.69) is 16.0 Å². The first-order valence-electron chi connectivity index (χ1n) is 10.9. The van der Waals surface area contributed by atoms with Gasteiger partial charge in [0.15, 0.2) is 0 Å². The van der Waals surface area contributed by atoms with Crippen LogP contribution < -0.4 is 21.7 Å². The summed E-state index contributed by atoms with van der Waals surface area (Å²) in [4.78, 5) is 37.0. The van der Waals surface area contributed by atoms with Gasteiger partial charge in [-0.1, -0.05) is 36.4 Å². The average molecular weight is 495 g/mol. The molecule has 0 spiro atoms. The number of carbonyl (C=O) groups is 3. The van der Waals surface area contributed by atoms with Crippen molar-refractivity contribution in [2.45, 2.75) is 38.0 Å². The maximum Gasteiger partial charge on any atom is 0.244 e. The monoisotopic (exact) mass is 494 g/mol. The lowest BCUT2D eigenvalue weighted by Gasteiger charge is -2.24. The summed E-state index contributed by atoms with van der Waals surface area (Å²) < 4.78 is 2.25. The number of benzene rings is 2. The van der Waals surface area contributed by atoms with E-state index in [-0.39, 0.29) is 5.91 Å². The first kappa shape index (κ1) is 23.9. The van der Waals surface area contributed by atoms with Crippen LogP contribution in [0.2, 0.25) is 0 Å². The van der Waals surface area contributed by atoms with Crippen LogP contribution in [0.15, 0.2) is 59.3 Å². The predicted molar refractivity (Wildman–Crippen MR) is 138 cm³/mol. The van der Waals surface area contributed by atoms with Gasteiger partial charge in [0.2, 0.25) is 18.2 Å². The summed E-state index contributed by atoms with van der Waals surface area (Å²) in [5.41, 5.74) is 7.74. The van der Waals surface area contributed by atoms with Crippen LogP contribution in [0.5, 0.6) is 0 Å². The minimum atomic E-state index is -0.841. The molecule has 176 valence electrons. The molecule has 5 N–H and O–H groups in total. The van der Waals surface area contributed by atoms with Gasteiger partial charge in [-0.15, -0.1) is 22.7 Å². The van der Waals surface area contributed by atoms with Crippen LogP contribution in [0.4, 0.5) is 0 Å². The quantitative estimate of drug-likeness (QED) is 0.201. The van der Waals surface area contributed by atoms with E-state index in [1.807, 2.05) is 59.3 Å². The molecule has 2 heterocycles. The van der Waals surface area contributed by atoms with E-state index in [0.717, 1.165) is 31.3 Å². The van der Waals surface area contributed by atoms with Crippen molar-refractivity contribution in [1.29, 1.82) is 0 Å². The third kappa shape index (κ3) is 5.44. The lowest BCUT2D eigenvalue weighted by molar-refractivity contribution is -0.130. The Bertz CT molecular complexity index is 1310. The Morgan fingerprint density at radius 2 is 1.44 bits per heavy atom. The molecule has 0 unspecified atom stereocenters. The highest BCUT2D eigenvalue weighted by Crippen LogP contribution is 2.27. The zero-order valence-electron chi connectivity index (χ0n) is 18.6. The highest BCUT2D eigenvalue weighted by molar-refractivity contribution is 7.17. The van der Waals surface area contributed by atoms with Crippen LogP contribution >= 0.6 is 22.7 Å². The molecule has 0 saturated carbocycles. The van der Waals surface area contributed by atoms with E-state index < -0.39 is 24.2 Å². The largest absolute Gasteiger partial charge is 0.343 e. The van der Waals surface area contributed by atoms with E-state index in [0.29, 0.717) is 19.3 Å². The van der Waals surface area contributed by atoms with Crippen LogP contribution in [-0.4, -0.2) is 36.5 Å². The van der Waals surface area contributed by atoms with E-state index in [9.17, 15) is 14.4 Å². The molecule has 0 bridgehead atoms. The van der Waals surface area contributed by atoms with Gasteiger partial charge in [0.25, 0.3) is 0 Å². The van der Waals surface area contributed by atoms with Gasteiger partial charge in [-0.25, -0.2) is 0 Å². The number of thiophene rings is 2. The number of fused-ring (bicyclic) bond motifs is 2. The van der Waals surface area contributed by atoms with E-state index in [4.69, 9.17) is 5.73 Å². The summed E-state index contributed by atoms with van der Waals surface area (Å²) in [5, 5.41) is 14.5. The van der Waals surface area contributed by atoms with Crippen LogP contribution in [0.1, 0.15) is 18.1 Å². The van der Waals surface area contributed by atoms with Crippen molar-refractivity contribution in [2.75, 3.05) is 0 Å². The highest BCUT2D eigenvalue weighted by atomic mass is 32.1. The molecule has 9 heteroatoms. The highest BCUT2D eigenvalue weighted by Gasteiger charge is 2.26. The van der Waals surface area contributed by atoms with Gasteiger partial charge in [-0.2, -0.15) is 0 Å². The molecule has 7 nitrogen and oxygen atoms in total. The fourth-order valence-electron chi connectivity index (χ4n) is 3.84. The molecule has 0 saturated heterocycles. The van der Waals surface area contributed by atoms with Crippen molar-refractivity contribution in [1.82, 2.24) is 16.0 Å². The molecule has 0 aliphatic heterocycles. The molecule has 3 atom stereocenters. The predicted octanol–water partition coefficient (Wildman–Crippen LogP) is 2.92. The normalized spacial score (nSPS) is 13.8. The van der Waals surface area contributed by atoms with Gasteiger partial charge < -0.3 is 21.7 Å². The fourth-order valence-corrected chi connectivity index (χ4v) is 5.79. The molecule has 2 aromatic carbocycles. The van der Waals surface area contributed by atoms with Crippen molar-refractivity contribution >= 4 is 61.1 Å². The van der Waals surface area contributed by atoms with Gasteiger partial charge in [0.1, 0.15) is 12.2 Å². The molecule has 0 aliphatic rings. The topological polar surface area (TPSA) is 113 Å². The van der Waals surface area contributed by atoms with E-state index in [1.54, 1.807) is 29.6 Å². The first-order chi connectivity index (χ1) is 16.5. The summed E-state index contributed by atoms with van der Waals surface area (Å²) in [5.74, 6) is -0.799. The lowest BCUT2D eigenvalue weighted by Crippen LogP contribution is -2.56. The summed E-state index contributed by atoms with van der Waals surface area (Å²) in [6.45, 7) is 1.57. The number of rotatable bonds is 10. The van der Waals surface area contributed by atoms with Crippen molar-refractivity contribution in [2.24, 2.45) is 5.73 Å². The first-order valence-corrected chi connectivity index (χ1v) is 12.7. The molecule has 34 heavy (non-hydrogen) atoms. The van der Waals surface area contributed by atoms with Gasteiger partial charge in [-0.05, 0) is 51.7 Å². The van der Waals surface area contributed by atoms with Crippen molar-refractivity contribution in [3.63, 3.8) is 0 Å². The number of hydrogen-bond acceptors (Lipinski definition) is 6. The minimum Gasteiger partial charge on any atom is -0.343 e. The molecule has 0 aliphatic carbocycles. The molecule has 4 aromatic rings. The number of carbonyl (C=O) groups excluding carboxylic acids is 3. The van der Waals surface area contributed by atoms with E-state index >= 15 is 0 Å². The smallest absolute Gasteiger partial charge is 0.244 e. The number of amides is 3. The van der Waals surface area contributed by atoms with Gasteiger partial charge >= 0.3 is 0 Å². The Balaban J connectivity index is 1.54. The zero-order chi connectivity index (χ0) is 24.1. The summed E-state index contributed by atoms with van der Waals surface area (Å²) in [7, 11) is 0. The summed E-state index contributed by atoms with van der Waals surface area (Å²) in [6, 6.07) is 14.3. The summed E-state index contributed by atoms with van der Waals surface area (Å²) >= 11 is 3.21. The second kappa shape index (κ2) is 10.8. The van der Waals surface area contributed by atoms with Crippen LogP contribution in [-0.2, 0) is 27.2 Å². The van der Waals surface area contributed by atoms with Crippen molar-refractivity contribution in [3.8, 4) is 0 Å². The Morgan fingerprint density at radius 1 is 0.882 bits per heavy atom. The fraction of sp³-hybridized carbons (Fsp3) is 0.240. The van der Waals surface area contributed by atoms with E-state index in [1.165, 1.54) is 0 Å². The Kier molecular flexibility index (Phi) is 7.56. The second-order valence-electron chi connectivity index (χ2n) is 8.12. The molecule has 2 aromatic heterocycles. The molecule has 0 fully saturated rings. The molecular formula is C25H26N4O3S2. The van der Waals surface area contributed by atoms with Crippen molar-refractivity contribution < 1.29 is 14.4 Å². The Labute approximate surface area is 205 Å². The second-order valence-corrected chi connectivity index (χ2v) is 9.94. The number of nitrogens with one attached hydrogen (secondary N) is 3. The molecule has 4 rings (SSSR count). The zero-order valence-corrected chi connectivity index (χ0v) is 20.2. The van der Waals surface area contributed by atoms with Gasteiger partial charge in [0, 0.05) is 22.2 Å². The Morgan fingerprint density at radius 3 is 2.00 bits per heavy atom. The third-order valence-electron chi connectivity index (χ3n) is 5.60. The molecule has 3 amide bonds. The molecule has 0 radical (unpaired) electrons. The average Bonchev–Trinajstić information content (AvgIpc) is 3.43. The van der Waals surface area contributed by atoms with Crippen molar-refractivity contribution in [3.05, 3.63) is 70.4 Å². The SMILES string of the molecule is C[C@@H](N)C(=O)N[C@H](Cc1csc2ccccc12)C(=O)N[C@H](Cc1csc2ccccc12)NC=O. The number of nitrogens with two attached hydrogens (primary N) is 1. The van der Waals surface area contributed by atoms with Crippen LogP contribution in [0, 0.1) is 0 Å². The van der Waals surface area contributed by atoms with Gasteiger partial charge in [-0.3, -0.25) is 14.4 Å². The number of hydrogen-bond donors (Lipinski definition) is 4. The summed E-state index contributed by atoms with van der Waals surface area (Å²) in [6.07, 6.45) is 0.673. The third-order valence-corrected chi connectivity index (χ3v) is 7.63. The lowest BCUT2D eigenvalue weighted by atomic mass is 10.0. The Hall–Kier alpha value is -3.27. The minimum absolute atomic E-state index is 0.309. The molecular weight excluding hydrogens is 468 g/mol. The standard InChI is InChI=1S/C25H26N4O3S2/c1-15(26)24(31)28-20(10-16-12-33-21-8-4-2-6-18(16)21)25(32)29-23(27-14-30)11-17-13-34-22-9-5-3-7-19(17)22/h2-9,12-15,20,23H,10-11,26H2,1H3,(H,27,30)(H,28,31)(H,29,32)/t15-,20-,23-/m1/s1. The maximum atomic E-state index is 13.3. The van der Waals surface area contributed by atoms with Crippen LogP contribution in [0.3, 0.4) is 0 Å². The maximum absolute atomic E-state index is 13.3.